The largest absolute Gasteiger partial charge is 0.464 e. The molecular formula is C11H11N3O. The van der Waals surface area contributed by atoms with Gasteiger partial charge in [0.15, 0.2) is 0 Å². The zero-order valence-corrected chi connectivity index (χ0v) is 8.18. The van der Waals surface area contributed by atoms with Gasteiger partial charge in [0.2, 0.25) is 0 Å². The van der Waals surface area contributed by atoms with E-state index in [0.29, 0.717) is 6.54 Å². The number of benzene rings is 1. The van der Waals surface area contributed by atoms with Gasteiger partial charge in [0.25, 0.3) is 0 Å². The molecule has 2 N–H and O–H groups in total. The van der Waals surface area contributed by atoms with Crippen molar-refractivity contribution in [1.29, 1.82) is 0 Å². The van der Waals surface area contributed by atoms with Gasteiger partial charge in [-0.3, -0.25) is 4.68 Å². The van der Waals surface area contributed by atoms with Crippen LogP contribution in [0.3, 0.4) is 0 Å². The summed E-state index contributed by atoms with van der Waals surface area (Å²) in [7, 11) is 0. The van der Waals surface area contributed by atoms with Gasteiger partial charge in [0, 0.05) is 17.3 Å². The van der Waals surface area contributed by atoms with Crippen LogP contribution in [0.5, 0.6) is 0 Å². The zero-order valence-electron chi connectivity index (χ0n) is 8.18. The fourth-order valence-electron chi connectivity index (χ4n) is 1.92. The monoisotopic (exact) mass is 201 g/mol. The number of nitrogens with zero attached hydrogens (tertiary/aromatic N) is 2. The summed E-state index contributed by atoms with van der Waals surface area (Å²) in [6, 6.07) is 5.94. The molecule has 0 saturated carbocycles. The first-order valence-corrected chi connectivity index (χ1v) is 4.92. The van der Waals surface area contributed by atoms with Crippen LogP contribution in [0.4, 0.5) is 0 Å². The standard InChI is InChI=1S/C11H11N3O/c12-4-5-14-11-8(7-13-14)1-2-10-9(11)3-6-15-10/h1-3,6-7H,4-5,12H2. The fourth-order valence-corrected chi connectivity index (χ4v) is 1.92. The first kappa shape index (κ1) is 8.49. The maximum atomic E-state index is 5.55. The molecule has 3 rings (SSSR count). The summed E-state index contributed by atoms with van der Waals surface area (Å²) in [5, 5.41) is 6.53. The number of fused-ring (bicyclic) bond motifs is 3. The number of aromatic nitrogens is 2. The Morgan fingerprint density at radius 1 is 1.33 bits per heavy atom. The van der Waals surface area contributed by atoms with Gasteiger partial charge < -0.3 is 10.2 Å². The SMILES string of the molecule is NCCn1ncc2ccc3occc3c21. The minimum atomic E-state index is 0.588. The number of rotatable bonds is 2. The lowest BCUT2D eigenvalue weighted by Gasteiger charge is -2.01. The van der Waals surface area contributed by atoms with Crippen LogP contribution < -0.4 is 5.73 Å². The quantitative estimate of drug-likeness (QED) is 0.687. The average molecular weight is 201 g/mol. The van der Waals surface area contributed by atoms with E-state index < -0.39 is 0 Å². The molecule has 3 aromatic rings. The second kappa shape index (κ2) is 3.10. The molecule has 1 aromatic carbocycles. The summed E-state index contributed by atoms with van der Waals surface area (Å²) >= 11 is 0. The van der Waals surface area contributed by atoms with Crippen molar-refractivity contribution in [3.8, 4) is 0 Å². The summed E-state index contributed by atoms with van der Waals surface area (Å²) in [5.41, 5.74) is 7.54. The molecule has 0 aliphatic rings. The van der Waals surface area contributed by atoms with Crippen molar-refractivity contribution in [2.75, 3.05) is 6.54 Å². The lowest BCUT2D eigenvalue weighted by atomic mass is 10.2. The minimum Gasteiger partial charge on any atom is -0.464 e. The molecule has 0 spiro atoms. The lowest BCUT2D eigenvalue weighted by Crippen LogP contribution is -2.10. The molecule has 0 aliphatic carbocycles. The van der Waals surface area contributed by atoms with Crippen LogP contribution in [0.25, 0.3) is 21.9 Å². The van der Waals surface area contributed by atoms with Crippen molar-refractivity contribution in [3.05, 3.63) is 30.7 Å². The summed E-state index contributed by atoms with van der Waals surface area (Å²) in [4.78, 5) is 0. The molecule has 76 valence electrons. The van der Waals surface area contributed by atoms with Crippen LogP contribution in [0.1, 0.15) is 0 Å². The molecule has 0 amide bonds. The van der Waals surface area contributed by atoms with Gasteiger partial charge in [-0.2, -0.15) is 5.10 Å². The number of nitrogens with two attached hydrogens (primary N) is 1. The molecule has 15 heavy (non-hydrogen) atoms. The van der Waals surface area contributed by atoms with Crippen molar-refractivity contribution in [2.24, 2.45) is 5.73 Å². The smallest absolute Gasteiger partial charge is 0.136 e. The Kier molecular flexibility index (Phi) is 1.76. The number of hydrogen-bond acceptors (Lipinski definition) is 3. The minimum absolute atomic E-state index is 0.588. The van der Waals surface area contributed by atoms with Crippen molar-refractivity contribution >= 4 is 21.9 Å². The van der Waals surface area contributed by atoms with Gasteiger partial charge in [-0.1, -0.05) is 0 Å². The normalized spacial score (nSPS) is 11.5. The van der Waals surface area contributed by atoms with E-state index in [4.69, 9.17) is 10.2 Å². The van der Waals surface area contributed by atoms with Crippen LogP contribution in [0.15, 0.2) is 35.1 Å². The van der Waals surface area contributed by atoms with Crippen molar-refractivity contribution < 1.29 is 4.42 Å². The average Bonchev–Trinajstić information content (AvgIpc) is 2.83. The van der Waals surface area contributed by atoms with Crippen LogP contribution in [-0.2, 0) is 6.54 Å². The fraction of sp³-hybridized carbons (Fsp3) is 0.182. The molecule has 0 unspecified atom stereocenters. The van der Waals surface area contributed by atoms with Crippen LogP contribution in [0, 0.1) is 0 Å². The van der Waals surface area contributed by atoms with Gasteiger partial charge in [0.1, 0.15) is 5.58 Å². The molecule has 0 atom stereocenters. The molecular weight excluding hydrogens is 190 g/mol. The Labute approximate surface area is 86.3 Å². The van der Waals surface area contributed by atoms with Crippen LogP contribution in [-0.4, -0.2) is 16.3 Å². The highest BCUT2D eigenvalue weighted by molar-refractivity contribution is 6.03. The molecule has 0 aliphatic heterocycles. The van der Waals surface area contributed by atoms with Gasteiger partial charge in [-0.25, -0.2) is 0 Å². The zero-order chi connectivity index (χ0) is 10.3. The summed E-state index contributed by atoms with van der Waals surface area (Å²) in [6.07, 6.45) is 3.56. The molecule has 2 heterocycles. The molecule has 0 bridgehead atoms. The Hall–Kier alpha value is -1.81. The summed E-state index contributed by atoms with van der Waals surface area (Å²) < 4.78 is 7.28. The lowest BCUT2D eigenvalue weighted by molar-refractivity contribution is 0.615. The highest BCUT2D eigenvalue weighted by Crippen LogP contribution is 2.25. The highest BCUT2D eigenvalue weighted by atomic mass is 16.3. The van der Waals surface area contributed by atoms with E-state index in [0.717, 1.165) is 28.4 Å². The van der Waals surface area contributed by atoms with Gasteiger partial charge in [-0.15, -0.1) is 0 Å². The molecule has 2 aromatic heterocycles. The maximum absolute atomic E-state index is 5.55. The van der Waals surface area contributed by atoms with E-state index >= 15 is 0 Å². The number of hydrogen-bond donors (Lipinski definition) is 1. The third-order valence-electron chi connectivity index (χ3n) is 2.57. The molecule has 4 nitrogen and oxygen atoms in total. The Bertz CT molecular complexity index is 608. The van der Waals surface area contributed by atoms with Crippen LogP contribution >= 0.6 is 0 Å². The van der Waals surface area contributed by atoms with Crippen molar-refractivity contribution in [1.82, 2.24) is 9.78 Å². The summed E-state index contributed by atoms with van der Waals surface area (Å²) in [5.74, 6) is 0. The second-order valence-corrected chi connectivity index (χ2v) is 3.49. The van der Waals surface area contributed by atoms with Crippen LogP contribution in [0.2, 0.25) is 0 Å². The summed E-state index contributed by atoms with van der Waals surface area (Å²) in [6.45, 7) is 1.32. The van der Waals surface area contributed by atoms with E-state index in [2.05, 4.69) is 5.10 Å². The molecule has 0 radical (unpaired) electrons. The first-order chi connectivity index (χ1) is 7.40. The highest BCUT2D eigenvalue weighted by Gasteiger charge is 2.07. The Balaban J connectivity index is 2.41. The van der Waals surface area contributed by atoms with Gasteiger partial charge in [0.05, 0.1) is 24.5 Å². The third kappa shape index (κ3) is 1.15. The Morgan fingerprint density at radius 2 is 2.27 bits per heavy atom. The number of furan rings is 1. The maximum Gasteiger partial charge on any atom is 0.136 e. The van der Waals surface area contributed by atoms with E-state index in [1.165, 1.54) is 0 Å². The predicted molar refractivity (Wildman–Crippen MR) is 58.6 cm³/mol. The second-order valence-electron chi connectivity index (χ2n) is 3.49. The van der Waals surface area contributed by atoms with E-state index in [-0.39, 0.29) is 0 Å². The molecule has 4 heteroatoms. The van der Waals surface area contributed by atoms with E-state index in [1.54, 1.807) is 6.26 Å². The molecule has 0 saturated heterocycles. The molecule has 0 fully saturated rings. The van der Waals surface area contributed by atoms with Crippen molar-refractivity contribution in [3.63, 3.8) is 0 Å². The third-order valence-corrected chi connectivity index (χ3v) is 2.57. The Morgan fingerprint density at radius 3 is 3.13 bits per heavy atom. The van der Waals surface area contributed by atoms with Gasteiger partial charge >= 0.3 is 0 Å². The van der Waals surface area contributed by atoms with E-state index in [9.17, 15) is 0 Å². The first-order valence-electron chi connectivity index (χ1n) is 4.92. The van der Waals surface area contributed by atoms with Gasteiger partial charge in [-0.05, 0) is 18.2 Å². The predicted octanol–water partition coefficient (Wildman–Crippen LogP) is 1.74. The van der Waals surface area contributed by atoms with Crippen molar-refractivity contribution in [2.45, 2.75) is 6.54 Å². The topological polar surface area (TPSA) is 57.0 Å². The van der Waals surface area contributed by atoms with E-state index in [1.807, 2.05) is 29.1 Å².